The minimum absolute atomic E-state index is 0.0921. The number of benzene rings is 2. The monoisotopic (exact) mass is 697 g/mol. The average molecular weight is 698 g/mol. The molecule has 250 valence electrons. The van der Waals surface area contributed by atoms with E-state index in [0.717, 1.165) is 5.56 Å². The number of ether oxygens (including phenoxy) is 2. The molecule has 2 fully saturated rings. The van der Waals surface area contributed by atoms with Gasteiger partial charge in [0.15, 0.2) is 5.78 Å². The zero-order chi connectivity index (χ0) is 34.3. The van der Waals surface area contributed by atoms with Crippen LogP contribution >= 0.6 is 22.7 Å². The number of thiazole rings is 2. The number of Topliss-reactive ketones (excluding diaryl/α,β-unsaturated/α-hetero) is 1. The van der Waals surface area contributed by atoms with E-state index in [-0.39, 0.29) is 47.7 Å². The number of halogens is 1. The molecule has 1 unspecified atom stereocenters. The third kappa shape index (κ3) is 6.94. The minimum Gasteiger partial charge on any atom is -0.474 e. The molecular weight excluding hydrogens is 666 g/mol. The van der Waals surface area contributed by atoms with Gasteiger partial charge in [0, 0.05) is 48.9 Å². The van der Waals surface area contributed by atoms with Crippen LogP contribution in [0.3, 0.4) is 0 Å². The zero-order valence-electron chi connectivity index (χ0n) is 26.9. The van der Waals surface area contributed by atoms with Crippen LogP contribution in [0.4, 0.5) is 9.18 Å². The molecule has 3 atom stereocenters. The van der Waals surface area contributed by atoms with E-state index in [1.807, 2.05) is 55.6 Å². The van der Waals surface area contributed by atoms with Gasteiger partial charge in [0.05, 0.1) is 16.7 Å². The molecular formula is C36H32FN5O5S2. The predicted octanol–water partition coefficient (Wildman–Crippen LogP) is 6.98. The summed E-state index contributed by atoms with van der Waals surface area (Å²) >= 11 is 2.61. The third-order valence-electron chi connectivity index (χ3n) is 8.76. The molecule has 4 heterocycles. The molecule has 1 N–H and O–H groups in total. The summed E-state index contributed by atoms with van der Waals surface area (Å²) in [5.74, 6) is -0.311. The number of pyridine rings is 1. The molecule has 13 heteroatoms. The minimum atomic E-state index is -0.882. The van der Waals surface area contributed by atoms with Crippen LogP contribution in [-0.4, -0.2) is 56.8 Å². The van der Waals surface area contributed by atoms with Crippen molar-refractivity contribution in [3.63, 3.8) is 0 Å². The van der Waals surface area contributed by atoms with E-state index < -0.39 is 11.6 Å². The molecule has 7 rings (SSSR count). The summed E-state index contributed by atoms with van der Waals surface area (Å²) in [6, 6.07) is 19.1. The number of aromatic nitrogens is 3. The van der Waals surface area contributed by atoms with Gasteiger partial charge < -0.3 is 19.7 Å². The van der Waals surface area contributed by atoms with Crippen LogP contribution in [0.2, 0.25) is 0 Å². The Balaban J connectivity index is 1.06. The number of hydrogen-bond acceptors (Lipinski definition) is 10. The standard InChI is InChI=1S/C36H32FN5O5S2/c1-20(43)30-32(49-33(40-30)28-18-48-19-38-28)34(44)42-15-25-26(16-42)31(25)47-29-14-23(13-27(39-29)22-9-11-24(37)12-10-22)36(2,3)41-35(45)46-17-21-7-5-4-6-8-21/h4-14,18-19,25-26,31H,15-17H2,1-3H3,(H,41,45)/t25-,26+,31?. The fraction of sp³-hybridized carbons (Fsp3) is 0.278. The molecule has 1 aliphatic carbocycles. The number of carbonyl (C=O) groups excluding carboxylic acids is 3. The molecule has 2 aliphatic rings. The lowest BCUT2D eigenvalue weighted by atomic mass is 9.93. The lowest BCUT2D eigenvalue weighted by Gasteiger charge is -2.27. The molecule has 49 heavy (non-hydrogen) atoms. The highest BCUT2D eigenvalue weighted by molar-refractivity contribution is 7.17. The van der Waals surface area contributed by atoms with Gasteiger partial charge in [-0.2, -0.15) is 0 Å². The second-order valence-corrected chi connectivity index (χ2v) is 14.4. The Morgan fingerprint density at radius 2 is 1.73 bits per heavy atom. The highest BCUT2D eigenvalue weighted by Crippen LogP contribution is 2.49. The summed E-state index contributed by atoms with van der Waals surface area (Å²) in [4.78, 5) is 54.3. The van der Waals surface area contributed by atoms with Gasteiger partial charge in [-0.3, -0.25) is 9.59 Å². The summed E-state index contributed by atoms with van der Waals surface area (Å²) in [7, 11) is 0. The molecule has 3 aromatic heterocycles. The van der Waals surface area contributed by atoms with E-state index >= 15 is 0 Å². The summed E-state index contributed by atoms with van der Waals surface area (Å²) in [5.41, 5.74) is 4.45. The van der Waals surface area contributed by atoms with E-state index in [9.17, 15) is 18.8 Å². The van der Waals surface area contributed by atoms with Crippen molar-refractivity contribution in [1.82, 2.24) is 25.2 Å². The molecule has 0 spiro atoms. The van der Waals surface area contributed by atoms with Gasteiger partial charge in [0.1, 0.15) is 39.8 Å². The van der Waals surface area contributed by atoms with Gasteiger partial charge >= 0.3 is 6.09 Å². The van der Waals surface area contributed by atoms with E-state index in [1.165, 1.54) is 41.7 Å². The van der Waals surface area contributed by atoms with Gasteiger partial charge in [0.2, 0.25) is 5.88 Å². The number of likely N-dealkylation sites (tertiary alicyclic amines) is 1. The Labute approximate surface area is 290 Å². The van der Waals surface area contributed by atoms with Crippen molar-refractivity contribution in [2.24, 2.45) is 11.8 Å². The van der Waals surface area contributed by atoms with Crippen molar-refractivity contribution in [1.29, 1.82) is 0 Å². The lowest BCUT2D eigenvalue weighted by Crippen LogP contribution is -2.41. The van der Waals surface area contributed by atoms with Crippen molar-refractivity contribution in [2.45, 2.75) is 39.0 Å². The van der Waals surface area contributed by atoms with Crippen LogP contribution in [0.5, 0.6) is 5.88 Å². The number of alkyl carbamates (subject to hydrolysis) is 1. The van der Waals surface area contributed by atoms with Crippen LogP contribution in [0, 0.1) is 17.7 Å². The first kappa shape index (κ1) is 32.5. The van der Waals surface area contributed by atoms with E-state index in [0.29, 0.717) is 51.4 Å². The molecule has 10 nitrogen and oxygen atoms in total. The van der Waals surface area contributed by atoms with Gasteiger partial charge in [-0.15, -0.1) is 22.7 Å². The van der Waals surface area contributed by atoms with Crippen molar-refractivity contribution in [3.05, 3.63) is 105 Å². The Hall–Kier alpha value is -5.01. The van der Waals surface area contributed by atoms with Crippen LogP contribution in [0.15, 0.2) is 77.6 Å². The van der Waals surface area contributed by atoms with E-state index in [2.05, 4.69) is 15.3 Å². The van der Waals surface area contributed by atoms with Crippen molar-refractivity contribution >= 4 is 40.5 Å². The number of nitrogens with one attached hydrogen (secondary N) is 1. The zero-order valence-corrected chi connectivity index (χ0v) is 28.5. The van der Waals surface area contributed by atoms with Gasteiger partial charge in [-0.05, 0) is 55.3 Å². The summed E-state index contributed by atoms with van der Waals surface area (Å²) in [5, 5.41) is 5.33. The number of hydrogen-bond donors (Lipinski definition) is 1. The van der Waals surface area contributed by atoms with Crippen LogP contribution in [-0.2, 0) is 16.9 Å². The number of carbonyl (C=O) groups is 3. The maximum absolute atomic E-state index is 13.8. The van der Waals surface area contributed by atoms with Crippen LogP contribution in [0.1, 0.15) is 52.1 Å². The Morgan fingerprint density at radius 3 is 2.41 bits per heavy atom. The first-order valence-electron chi connectivity index (χ1n) is 15.7. The summed E-state index contributed by atoms with van der Waals surface area (Å²) in [6.45, 7) is 6.20. The predicted molar refractivity (Wildman–Crippen MR) is 183 cm³/mol. The molecule has 0 bridgehead atoms. The highest BCUT2D eigenvalue weighted by atomic mass is 32.1. The Morgan fingerprint density at radius 1 is 1.00 bits per heavy atom. The molecule has 2 amide bonds. The molecule has 2 aromatic carbocycles. The van der Waals surface area contributed by atoms with Crippen molar-refractivity contribution in [3.8, 4) is 27.8 Å². The number of ketones is 1. The maximum atomic E-state index is 13.8. The Bertz CT molecular complexity index is 2010. The second-order valence-electron chi connectivity index (χ2n) is 12.6. The molecule has 1 aliphatic heterocycles. The first-order chi connectivity index (χ1) is 23.6. The van der Waals surface area contributed by atoms with Crippen LogP contribution < -0.4 is 10.1 Å². The number of rotatable bonds is 10. The summed E-state index contributed by atoms with van der Waals surface area (Å²) in [6.07, 6.45) is -0.746. The fourth-order valence-electron chi connectivity index (χ4n) is 6.01. The van der Waals surface area contributed by atoms with Crippen molar-refractivity contribution < 1.29 is 28.2 Å². The van der Waals surface area contributed by atoms with Gasteiger partial charge in [0.25, 0.3) is 5.91 Å². The third-order valence-corrected chi connectivity index (χ3v) is 10.4. The highest BCUT2D eigenvalue weighted by Gasteiger charge is 2.59. The van der Waals surface area contributed by atoms with Gasteiger partial charge in [-0.1, -0.05) is 30.3 Å². The fourth-order valence-corrected chi connectivity index (χ4v) is 7.67. The largest absolute Gasteiger partial charge is 0.474 e. The lowest BCUT2D eigenvalue weighted by molar-refractivity contribution is 0.0751. The molecule has 5 aromatic rings. The smallest absolute Gasteiger partial charge is 0.408 e. The molecule has 0 radical (unpaired) electrons. The maximum Gasteiger partial charge on any atom is 0.408 e. The van der Waals surface area contributed by atoms with E-state index in [4.69, 9.17) is 14.5 Å². The number of fused-ring (bicyclic) bond motifs is 1. The number of nitrogens with zero attached hydrogens (tertiary/aromatic N) is 4. The number of piperidine rings is 1. The van der Waals surface area contributed by atoms with Crippen LogP contribution in [0.25, 0.3) is 22.0 Å². The SMILES string of the molecule is CC(=O)c1nc(-c2cscn2)sc1C(=O)N1C[C@@H]2C(Oc3cc(C(C)(C)NC(=O)OCc4ccccc4)cc(-c4ccc(F)cc4)n3)[C@@H]2C1. The normalized spacial score (nSPS) is 18.1. The van der Waals surface area contributed by atoms with E-state index in [1.54, 1.807) is 28.6 Å². The average Bonchev–Trinajstić information content (AvgIpc) is 3.63. The van der Waals surface area contributed by atoms with Gasteiger partial charge in [-0.25, -0.2) is 24.1 Å². The second kappa shape index (κ2) is 13.1. The molecule has 1 saturated carbocycles. The quantitative estimate of drug-likeness (QED) is 0.155. The Kier molecular flexibility index (Phi) is 8.72. The topological polar surface area (TPSA) is 124 Å². The molecule has 1 saturated heterocycles. The summed E-state index contributed by atoms with van der Waals surface area (Å²) < 4.78 is 25.7. The first-order valence-corrected chi connectivity index (χ1v) is 17.5. The number of amides is 2. The van der Waals surface area contributed by atoms with Crippen molar-refractivity contribution in [2.75, 3.05) is 13.1 Å².